The molecule has 3 heteroatoms. The standard InChI is InChI=1S/C23H28N2O/c1-15-6-2-3-8-19(15)25-21-13-16-12-20-17-7-4-5-9-23(17,10-11-24-20)18(16)14-22(21)26/h2-3,6,8,13-14,17,20,24-26H,4-5,7,9-12H2,1H3/t17-,20+,23+/m0/s1. The molecule has 3 N–H and O–H groups in total. The maximum atomic E-state index is 10.8. The Kier molecular flexibility index (Phi) is 3.75. The average Bonchev–Trinajstić information content (AvgIpc) is 2.65. The fraction of sp³-hybridized carbons (Fsp3) is 0.478. The molecule has 1 saturated heterocycles. The van der Waals surface area contributed by atoms with Crippen molar-refractivity contribution in [3.05, 3.63) is 53.1 Å². The third kappa shape index (κ3) is 2.37. The van der Waals surface area contributed by atoms with Crippen LogP contribution in [0.1, 0.15) is 48.8 Å². The topological polar surface area (TPSA) is 44.3 Å². The van der Waals surface area contributed by atoms with Crippen molar-refractivity contribution >= 4 is 11.4 Å². The second-order valence-electron chi connectivity index (χ2n) is 8.49. The highest BCUT2D eigenvalue weighted by atomic mass is 16.3. The summed E-state index contributed by atoms with van der Waals surface area (Å²) in [4.78, 5) is 0. The number of benzene rings is 2. The molecule has 2 bridgehead atoms. The first-order valence-electron chi connectivity index (χ1n) is 10.1. The number of aromatic hydroxyl groups is 1. The summed E-state index contributed by atoms with van der Waals surface area (Å²) in [5.41, 5.74) is 6.24. The third-order valence-electron chi connectivity index (χ3n) is 7.17. The molecule has 0 radical (unpaired) electrons. The zero-order chi connectivity index (χ0) is 17.7. The van der Waals surface area contributed by atoms with E-state index in [4.69, 9.17) is 0 Å². The Balaban J connectivity index is 1.57. The summed E-state index contributed by atoms with van der Waals surface area (Å²) in [5, 5.41) is 18.1. The van der Waals surface area contributed by atoms with Crippen molar-refractivity contribution in [1.82, 2.24) is 5.32 Å². The lowest BCUT2D eigenvalue weighted by Crippen LogP contribution is -2.59. The van der Waals surface area contributed by atoms with Gasteiger partial charge >= 0.3 is 0 Å². The van der Waals surface area contributed by atoms with Crippen molar-refractivity contribution in [2.75, 3.05) is 11.9 Å². The molecule has 136 valence electrons. The predicted molar refractivity (Wildman–Crippen MR) is 106 cm³/mol. The van der Waals surface area contributed by atoms with E-state index in [-0.39, 0.29) is 0 Å². The second kappa shape index (κ2) is 6.02. The lowest BCUT2D eigenvalue weighted by Gasteiger charge is -2.56. The van der Waals surface area contributed by atoms with Crippen molar-refractivity contribution < 1.29 is 5.11 Å². The SMILES string of the molecule is Cc1ccccc1Nc1cc2c(cc1O)[C@@]13CCCC[C@H]1[C@@H](C2)NCC3. The van der Waals surface area contributed by atoms with E-state index in [1.807, 2.05) is 12.1 Å². The number of nitrogens with one attached hydrogen (secondary N) is 2. The number of para-hydroxylation sites is 1. The Labute approximate surface area is 155 Å². The summed E-state index contributed by atoms with van der Waals surface area (Å²) in [5.74, 6) is 1.13. The molecule has 3 aliphatic rings. The van der Waals surface area contributed by atoms with Gasteiger partial charge in [0.05, 0.1) is 5.69 Å². The molecule has 0 amide bonds. The van der Waals surface area contributed by atoms with Crippen LogP contribution in [-0.4, -0.2) is 17.7 Å². The van der Waals surface area contributed by atoms with Crippen LogP contribution >= 0.6 is 0 Å². The number of piperidine rings is 1. The second-order valence-corrected chi connectivity index (χ2v) is 8.49. The van der Waals surface area contributed by atoms with Gasteiger partial charge in [0.25, 0.3) is 0 Å². The van der Waals surface area contributed by atoms with Crippen molar-refractivity contribution in [3.63, 3.8) is 0 Å². The Bertz CT molecular complexity index is 842. The van der Waals surface area contributed by atoms with Gasteiger partial charge in [0, 0.05) is 17.1 Å². The number of phenols is 1. The van der Waals surface area contributed by atoms with E-state index < -0.39 is 0 Å². The lowest BCUT2D eigenvalue weighted by molar-refractivity contribution is 0.0796. The number of fused-ring (bicyclic) bond motifs is 1. The summed E-state index contributed by atoms with van der Waals surface area (Å²) >= 11 is 0. The highest BCUT2D eigenvalue weighted by Gasteiger charge is 2.51. The van der Waals surface area contributed by atoms with Gasteiger partial charge in [-0.2, -0.15) is 0 Å². The normalized spacial score (nSPS) is 29.6. The van der Waals surface area contributed by atoms with Gasteiger partial charge in [0.15, 0.2) is 0 Å². The highest BCUT2D eigenvalue weighted by molar-refractivity contribution is 5.70. The van der Waals surface area contributed by atoms with Crippen LogP contribution in [0.2, 0.25) is 0 Å². The van der Waals surface area contributed by atoms with E-state index in [1.165, 1.54) is 48.8 Å². The van der Waals surface area contributed by atoms with Crippen LogP contribution in [0.4, 0.5) is 11.4 Å². The monoisotopic (exact) mass is 348 g/mol. The van der Waals surface area contributed by atoms with E-state index in [0.29, 0.717) is 17.2 Å². The van der Waals surface area contributed by atoms with Crippen LogP contribution in [-0.2, 0) is 11.8 Å². The van der Waals surface area contributed by atoms with Crippen molar-refractivity contribution in [1.29, 1.82) is 0 Å². The minimum atomic E-state index is 0.292. The zero-order valence-corrected chi connectivity index (χ0v) is 15.5. The molecule has 1 aliphatic heterocycles. The molecule has 26 heavy (non-hydrogen) atoms. The summed E-state index contributed by atoms with van der Waals surface area (Å²) in [6.45, 7) is 3.21. The van der Waals surface area contributed by atoms with Gasteiger partial charge in [-0.15, -0.1) is 0 Å². The molecule has 1 heterocycles. The summed E-state index contributed by atoms with van der Waals surface area (Å²) in [7, 11) is 0. The zero-order valence-electron chi connectivity index (χ0n) is 15.5. The maximum absolute atomic E-state index is 10.8. The smallest absolute Gasteiger partial charge is 0.139 e. The van der Waals surface area contributed by atoms with E-state index in [9.17, 15) is 5.11 Å². The van der Waals surface area contributed by atoms with Gasteiger partial charge in [0.1, 0.15) is 5.75 Å². The van der Waals surface area contributed by atoms with Gasteiger partial charge in [-0.3, -0.25) is 0 Å². The lowest BCUT2D eigenvalue weighted by atomic mass is 9.53. The third-order valence-corrected chi connectivity index (χ3v) is 7.17. The molecule has 0 spiro atoms. The molecule has 2 fully saturated rings. The highest BCUT2D eigenvalue weighted by Crippen LogP contribution is 2.55. The van der Waals surface area contributed by atoms with Crippen LogP contribution in [0.3, 0.4) is 0 Å². The number of rotatable bonds is 2. The van der Waals surface area contributed by atoms with Gasteiger partial charge in [-0.1, -0.05) is 31.0 Å². The molecule has 2 aromatic carbocycles. The fourth-order valence-corrected chi connectivity index (χ4v) is 5.93. The molecule has 3 atom stereocenters. The average molecular weight is 348 g/mol. The van der Waals surface area contributed by atoms with E-state index in [1.54, 1.807) is 0 Å². The molecular formula is C23H28N2O. The molecule has 3 nitrogen and oxygen atoms in total. The molecular weight excluding hydrogens is 320 g/mol. The van der Waals surface area contributed by atoms with Crippen LogP contribution in [0.5, 0.6) is 5.75 Å². The molecule has 1 saturated carbocycles. The van der Waals surface area contributed by atoms with Crippen LogP contribution < -0.4 is 10.6 Å². The van der Waals surface area contributed by atoms with Gasteiger partial charge in [0.2, 0.25) is 0 Å². The molecule has 5 rings (SSSR count). The van der Waals surface area contributed by atoms with E-state index >= 15 is 0 Å². The van der Waals surface area contributed by atoms with Gasteiger partial charge in [-0.25, -0.2) is 0 Å². The Morgan fingerprint density at radius 2 is 2.00 bits per heavy atom. The fourth-order valence-electron chi connectivity index (χ4n) is 5.93. The summed E-state index contributed by atoms with van der Waals surface area (Å²) in [6.07, 6.45) is 7.61. The number of hydrogen-bond donors (Lipinski definition) is 3. The van der Waals surface area contributed by atoms with Crippen LogP contribution in [0.25, 0.3) is 0 Å². The summed E-state index contributed by atoms with van der Waals surface area (Å²) in [6, 6.07) is 13.2. The van der Waals surface area contributed by atoms with Gasteiger partial charge in [-0.05, 0) is 80.0 Å². The molecule has 0 unspecified atom stereocenters. The van der Waals surface area contributed by atoms with Crippen LogP contribution in [0.15, 0.2) is 36.4 Å². The quantitative estimate of drug-likeness (QED) is 0.684. The Hall–Kier alpha value is -2.00. The predicted octanol–water partition coefficient (Wildman–Crippen LogP) is 4.79. The molecule has 2 aliphatic carbocycles. The van der Waals surface area contributed by atoms with Crippen molar-refractivity contribution in [2.45, 2.75) is 56.9 Å². The number of anilines is 2. The largest absolute Gasteiger partial charge is 0.506 e. The Morgan fingerprint density at radius 3 is 2.88 bits per heavy atom. The number of phenolic OH excluding ortho intramolecular Hbond substituents is 1. The first-order chi connectivity index (χ1) is 12.7. The number of hydrogen-bond acceptors (Lipinski definition) is 3. The molecule has 2 aromatic rings. The van der Waals surface area contributed by atoms with E-state index in [0.717, 1.165) is 30.3 Å². The number of aryl methyl sites for hydroxylation is 1. The van der Waals surface area contributed by atoms with E-state index in [2.05, 4.69) is 41.8 Å². The Morgan fingerprint density at radius 1 is 1.12 bits per heavy atom. The summed E-state index contributed by atoms with van der Waals surface area (Å²) < 4.78 is 0. The first-order valence-corrected chi connectivity index (χ1v) is 10.1. The minimum absolute atomic E-state index is 0.292. The first kappa shape index (κ1) is 16.2. The minimum Gasteiger partial charge on any atom is -0.506 e. The van der Waals surface area contributed by atoms with Crippen molar-refractivity contribution in [3.8, 4) is 5.75 Å². The van der Waals surface area contributed by atoms with Crippen molar-refractivity contribution in [2.24, 2.45) is 5.92 Å². The van der Waals surface area contributed by atoms with Gasteiger partial charge < -0.3 is 15.7 Å². The maximum Gasteiger partial charge on any atom is 0.139 e. The van der Waals surface area contributed by atoms with Crippen LogP contribution in [0, 0.1) is 12.8 Å². The molecule has 0 aromatic heterocycles.